The first-order chi connectivity index (χ1) is 7.97. The highest BCUT2D eigenvalue weighted by Gasteiger charge is 2.28. The van der Waals surface area contributed by atoms with Crippen molar-refractivity contribution >= 4 is 33.5 Å². The fourth-order valence-electron chi connectivity index (χ4n) is 1.27. The zero-order valence-electron chi connectivity index (χ0n) is 9.06. The first-order valence-electron chi connectivity index (χ1n) is 4.95. The highest BCUT2D eigenvalue weighted by atomic mass is 79.9. The van der Waals surface area contributed by atoms with Crippen LogP contribution in [0, 0.1) is 0 Å². The largest absolute Gasteiger partial charge is 0.464 e. The van der Waals surface area contributed by atoms with Crippen LogP contribution in [-0.2, 0) is 9.53 Å². The molecule has 1 rings (SSSR count). The van der Waals surface area contributed by atoms with E-state index in [0.717, 1.165) is 4.47 Å². The lowest BCUT2D eigenvalue weighted by atomic mass is 10.0. The SMILES string of the molecule is CCOC(=O)C(O)C(O)c1ccc(Br)cc1Cl. The zero-order valence-corrected chi connectivity index (χ0v) is 11.4. The molecular weight excluding hydrogens is 311 g/mol. The van der Waals surface area contributed by atoms with Gasteiger partial charge in [0.05, 0.1) is 6.61 Å². The zero-order chi connectivity index (χ0) is 13.0. The third kappa shape index (κ3) is 3.67. The second-order valence-electron chi connectivity index (χ2n) is 3.31. The van der Waals surface area contributed by atoms with Gasteiger partial charge in [-0.1, -0.05) is 33.6 Å². The molecular formula is C11H12BrClO4. The number of halogens is 2. The molecule has 0 saturated heterocycles. The van der Waals surface area contributed by atoms with Crippen molar-refractivity contribution < 1.29 is 19.7 Å². The number of carbonyl (C=O) groups is 1. The summed E-state index contributed by atoms with van der Waals surface area (Å²) in [7, 11) is 0. The van der Waals surface area contributed by atoms with E-state index in [9.17, 15) is 15.0 Å². The maximum Gasteiger partial charge on any atom is 0.338 e. The molecule has 0 amide bonds. The summed E-state index contributed by atoms with van der Waals surface area (Å²) in [5, 5.41) is 19.6. The topological polar surface area (TPSA) is 66.8 Å². The second kappa shape index (κ2) is 6.35. The second-order valence-corrected chi connectivity index (χ2v) is 4.63. The van der Waals surface area contributed by atoms with Crippen LogP contribution >= 0.6 is 27.5 Å². The van der Waals surface area contributed by atoms with Gasteiger partial charge in [-0.25, -0.2) is 4.79 Å². The molecule has 1 aromatic carbocycles. The average Bonchev–Trinajstić information content (AvgIpc) is 2.27. The molecule has 2 unspecified atom stereocenters. The van der Waals surface area contributed by atoms with Crippen molar-refractivity contribution in [3.63, 3.8) is 0 Å². The fourth-order valence-corrected chi connectivity index (χ4v) is 2.05. The molecule has 0 aliphatic rings. The number of hydrogen-bond acceptors (Lipinski definition) is 4. The molecule has 0 aromatic heterocycles. The highest BCUT2D eigenvalue weighted by Crippen LogP contribution is 2.28. The summed E-state index contributed by atoms with van der Waals surface area (Å²) in [4.78, 5) is 11.3. The van der Waals surface area contributed by atoms with Crippen LogP contribution in [-0.4, -0.2) is 28.9 Å². The van der Waals surface area contributed by atoms with Crippen molar-refractivity contribution in [2.24, 2.45) is 0 Å². The Balaban J connectivity index is 2.88. The minimum Gasteiger partial charge on any atom is -0.464 e. The molecule has 17 heavy (non-hydrogen) atoms. The van der Waals surface area contributed by atoms with E-state index >= 15 is 0 Å². The molecule has 0 radical (unpaired) electrons. The predicted molar refractivity (Wildman–Crippen MR) is 66.8 cm³/mol. The summed E-state index contributed by atoms with van der Waals surface area (Å²) < 4.78 is 5.35. The van der Waals surface area contributed by atoms with Gasteiger partial charge in [0, 0.05) is 15.1 Å². The number of aliphatic hydroxyl groups excluding tert-OH is 2. The van der Waals surface area contributed by atoms with Crippen LogP contribution < -0.4 is 0 Å². The van der Waals surface area contributed by atoms with Crippen LogP contribution in [0.5, 0.6) is 0 Å². The van der Waals surface area contributed by atoms with E-state index in [4.69, 9.17) is 11.6 Å². The number of ether oxygens (including phenoxy) is 1. The third-order valence-corrected chi connectivity index (χ3v) is 2.93. The van der Waals surface area contributed by atoms with Gasteiger partial charge in [0.2, 0.25) is 0 Å². The summed E-state index contributed by atoms with van der Waals surface area (Å²) in [6.07, 6.45) is -3.05. The Morgan fingerprint density at radius 3 is 2.71 bits per heavy atom. The molecule has 0 fully saturated rings. The molecule has 94 valence electrons. The summed E-state index contributed by atoms with van der Waals surface area (Å²) in [6, 6.07) is 4.75. The molecule has 2 atom stereocenters. The van der Waals surface area contributed by atoms with Gasteiger partial charge in [0.25, 0.3) is 0 Å². The van der Waals surface area contributed by atoms with Gasteiger partial charge in [-0.05, 0) is 19.1 Å². The Hall–Kier alpha value is -0.620. The predicted octanol–water partition coefficient (Wildman–Crippen LogP) is 2.06. The van der Waals surface area contributed by atoms with Crippen molar-refractivity contribution in [3.8, 4) is 0 Å². The molecule has 0 saturated carbocycles. The standard InChI is InChI=1S/C11H12BrClO4/c1-2-17-11(16)10(15)9(14)7-4-3-6(12)5-8(7)13/h3-5,9-10,14-15H,2H2,1H3. The monoisotopic (exact) mass is 322 g/mol. The summed E-state index contributed by atoms with van der Waals surface area (Å²) in [6.45, 7) is 1.75. The van der Waals surface area contributed by atoms with Gasteiger partial charge in [-0.2, -0.15) is 0 Å². The third-order valence-electron chi connectivity index (χ3n) is 2.11. The summed E-state index contributed by atoms with van der Waals surface area (Å²) in [5.41, 5.74) is 0.274. The Morgan fingerprint density at radius 1 is 1.53 bits per heavy atom. The lowest BCUT2D eigenvalue weighted by Crippen LogP contribution is -2.30. The van der Waals surface area contributed by atoms with Gasteiger partial charge in [-0.15, -0.1) is 0 Å². The number of hydrogen-bond donors (Lipinski definition) is 2. The van der Waals surface area contributed by atoms with Crippen molar-refractivity contribution in [1.29, 1.82) is 0 Å². The van der Waals surface area contributed by atoms with Crippen molar-refractivity contribution in [2.45, 2.75) is 19.1 Å². The maximum absolute atomic E-state index is 11.3. The summed E-state index contributed by atoms with van der Waals surface area (Å²) >= 11 is 9.11. The fraction of sp³-hybridized carbons (Fsp3) is 0.364. The molecule has 0 aliphatic carbocycles. The quantitative estimate of drug-likeness (QED) is 0.832. The van der Waals surface area contributed by atoms with E-state index < -0.39 is 18.2 Å². The molecule has 0 bridgehead atoms. The van der Waals surface area contributed by atoms with E-state index in [1.165, 1.54) is 6.07 Å². The number of carbonyl (C=O) groups excluding carboxylic acids is 1. The van der Waals surface area contributed by atoms with Crippen LogP contribution in [0.4, 0.5) is 0 Å². The molecule has 4 nitrogen and oxygen atoms in total. The number of benzene rings is 1. The van der Waals surface area contributed by atoms with E-state index in [2.05, 4.69) is 20.7 Å². The Labute approximate surface area is 112 Å². The van der Waals surface area contributed by atoms with Crippen LogP contribution in [0.1, 0.15) is 18.6 Å². The lowest BCUT2D eigenvalue weighted by Gasteiger charge is -2.17. The van der Waals surface area contributed by atoms with E-state index in [1.54, 1.807) is 19.1 Å². The number of esters is 1. The van der Waals surface area contributed by atoms with Crippen LogP contribution in [0.15, 0.2) is 22.7 Å². The van der Waals surface area contributed by atoms with Gasteiger partial charge < -0.3 is 14.9 Å². The molecule has 1 aromatic rings. The van der Waals surface area contributed by atoms with Crippen molar-refractivity contribution in [1.82, 2.24) is 0 Å². The molecule has 2 N–H and O–H groups in total. The van der Waals surface area contributed by atoms with Crippen LogP contribution in [0.2, 0.25) is 5.02 Å². The Bertz CT molecular complexity index is 410. The minimum absolute atomic E-state index is 0.136. The van der Waals surface area contributed by atoms with Gasteiger partial charge >= 0.3 is 5.97 Å². The maximum atomic E-state index is 11.3. The molecule has 0 heterocycles. The van der Waals surface area contributed by atoms with E-state index in [1.807, 2.05) is 0 Å². The lowest BCUT2D eigenvalue weighted by molar-refractivity contribution is -0.159. The smallest absolute Gasteiger partial charge is 0.338 e. The summed E-state index contributed by atoms with van der Waals surface area (Å²) in [5.74, 6) is -0.876. The minimum atomic E-state index is -1.64. The van der Waals surface area contributed by atoms with Crippen molar-refractivity contribution in [3.05, 3.63) is 33.3 Å². The number of aliphatic hydroxyl groups is 2. The molecule has 0 spiro atoms. The van der Waals surface area contributed by atoms with E-state index in [0.29, 0.717) is 0 Å². The Morgan fingerprint density at radius 2 is 2.18 bits per heavy atom. The van der Waals surface area contributed by atoms with Gasteiger partial charge in [-0.3, -0.25) is 0 Å². The number of rotatable bonds is 4. The van der Waals surface area contributed by atoms with E-state index in [-0.39, 0.29) is 17.2 Å². The molecule has 0 aliphatic heterocycles. The first-order valence-corrected chi connectivity index (χ1v) is 6.12. The average molecular weight is 324 g/mol. The van der Waals surface area contributed by atoms with Gasteiger partial charge in [0.1, 0.15) is 6.10 Å². The van der Waals surface area contributed by atoms with Crippen LogP contribution in [0.25, 0.3) is 0 Å². The molecule has 6 heteroatoms. The normalized spacial score (nSPS) is 14.2. The Kier molecular flexibility index (Phi) is 5.39. The van der Waals surface area contributed by atoms with Crippen LogP contribution in [0.3, 0.4) is 0 Å². The first kappa shape index (κ1) is 14.4. The highest BCUT2D eigenvalue weighted by molar-refractivity contribution is 9.10. The van der Waals surface area contributed by atoms with Crippen molar-refractivity contribution in [2.75, 3.05) is 6.61 Å². The van der Waals surface area contributed by atoms with Gasteiger partial charge in [0.15, 0.2) is 6.10 Å².